The molecule has 3 aliphatic heterocycles. The molecular weight excluding hydrogens is 236 g/mol. The van der Waals surface area contributed by atoms with Crippen LogP contribution in [0.4, 0.5) is 0 Å². The summed E-state index contributed by atoms with van der Waals surface area (Å²) >= 11 is 0. The zero-order chi connectivity index (χ0) is 13.1. The van der Waals surface area contributed by atoms with E-state index in [1.54, 1.807) is 0 Å². The molecule has 0 aromatic rings. The highest BCUT2D eigenvalue weighted by atomic mass is 16.8. The van der Waals surface area contributed by atoms with Crippen LogP contribution >= 0.6 is 0 Å². The number of ether oxygens (including phenoxy) is 5. The Morgan fingerprint density at radius 1 is 0.889 bits per heavy atom. The molecular formula is C13H22O5. The van der Waals surface area contributed by atoms with Gasteiger partial charge in [0.1, 0.15) is 12.2 Å². The molecule has 0 aromatic carbocycles. The van der Waals surface area contributed by atoms with Gasteiger partial charge in [0.25, 0.3) is 0 Å². The Kier molecular flexibility index (Phi) is 2.78. The summed E-state index contributed by atoms with van der Waals surface area (Å²) in [5, 5.41) is 0. The molecule has 5 heteroatoms. The first-order chi connectivity index (χ1) is 8.27. The van der Waals surface area contributed by atoms with Crippen LogP contribution in [-0.2, 0) is 23.7 Å². The molecule has 0 amide bonds. The summed E-state index contributed by atoms with van der Waals surface area (Å²) in [5.74, 6) is -0.841. The zero-order valence-electron chi connectivity index (χ0n) is 11.6. The summed E-state index contributed by atoms with van der Waals surface area (Å²) in [6.07, 6.45) is -0.376. The highest BCUT2D eigenvalue weighted by Gasteiger charge is 2.56. The van der Waals surface area contributed by atoms with Crippen LogP contribution in [0.1, 0.15) is 34.6 Å². The predicted octanol–water partition coefficient (Wildman–Crippen LogP) is 1.65. The van der Waals surface area contributed by atoms with Gasteiger partial charge < -0.3 is 23.7 Å². The lowest BCUT2D eigenvalue weighted by atomic mass is 9.97. The fourth-order valence-corrected chi connectivity index (χ4v) is 2.99. The molecule has 0 bridgehead atoms. The minimum absolute atomic E-state index is 0.0164. The van der Waals surface area contributed by atoms with Crippen LogP contribution in [0.25, 0.3) is 0 Å². The first-order valence-electron chi connectivity index (χ1n) is 6.60. The molecule has 18 heavy (non-hydrogen) atoms. The standard InChI is InChI=1S/C13H22O5/c1-7-9(8-6-14-12(2,3)16-8)15-11-10(7)17-13(4,5)18-11/h7-11H,6H2,1-5H3/t7-,8-,9-,10+,11+/m0/s1. The first kappa shape index (κ1) is 12.8. The first-order valence-corrected chi connectivity index (χ1v) is 6.60. The highest BCUT2D eigenvalue weighted by molar-refractivity contribution is 4.95. The third kappa shape index (κ3) is 2.08. The molecule has 3 saturated heterocycles. The Labute approximate surface area is 108 Å². The average molecular weight is 258 g/mol. The summed E-state index contributed by atoms with van der Waals surface area (Å²) in [7, 11) is 0. The van der Waals surface area contributed by atoms with Crippen LogP contribution in [0.15, 0.2) is 0 Å². The minimum atomic E-state index is -0.555. The molecule has 3 rings (SSSR count). The molecule has 3 aliphatic rings. The Bertz CT molecular complexity index is 340. The van der Waals surface area contributed by atoms with E-state index in [1.807, 2.05) is 27.7 Å². The quantitative estimate of drug-likeness (QED) is 0.715. The summed E-state index contributed by atoms with van der Waals surface area (Å²) < 4.78 is 29.0. The van der Waals surface area contributed by atoms with Gasteiger partial charge in [0, 0.05) is 5.92 Å². The van der Waals surface area contributed by atoms with E-state index in [-0.39, 0.29) is 30.5 Å². The molecule has 0 spiro atoms. The van der Waals surface area contributed by atoms with Crippen molar-refractivity contribution < 1.29 is 23.7 Å². The van der Waals surface area contributed by atoms with Crippen molar-refractivity contribution in [2.75, 3.05) is 6.61 Å². The van der Waals surface area contributed by atoms with Gasteiger partial charge in [0.15, 0.2) is 17.9 Å². The van der Waals surface area contributed by atoms with Gasteiger partial charge in [-0.1, -0.05) is 6.92 Å². The molecule has 0 aromatic heterocycles. The third-order valence-corrected chi connectivity index (χ3v) is 3.81. The van der Waals surface area contributed by atoms with Crippen molar-refractivity contribution in [2.45, 2.75) is 70.8 Å². The van der Waals surface area contributed by atoms with E-state index in [0.717, 1.165) is 0 Å². The van der Waals surface area contributed by atoms with Crippen LogP contribution in [-0.4, -0.2) is 42.8 Å². The molecule has 0 aliphatic carbocycles. The Hall–Kier alpha value is -0.200. The lowest BCUT2D eigenvalue weighted by molar-refractivity contribution is -0.226. The largest absolute Gasteiger partial charge is 0.348 e. The van der Waals surface area contributed by atoms with Crippen molar-refractivity contribution in [3.63, 3.8) is 0 Å². The number of hydrogen-bond acceptors (Lipinski definition) is 5. The van der Waals surface area contributed by atoms with Crippen molar-refractivity contribution in [1.82, 2.24) is 0 Å². The Morgan fingerprint density at radius 2 is 1.61 bits per heavy atom. The SMILES string of the molecule is C[C@@H]1[C@H]2OC(C)(C)O[C@H]2O[C@@H]1[C@@H]1COC(C)(C)O1. The molecule has 0 saturated carbocycles. The molecule has 104 valence electrons. The van der Waals surface area contributed by atoms with Gasteiger partial charge in [-0.05, 0) is 27.7 Å². The maximum absolute atomic E-state index is 5.96. The molecule has 3 fully saturated rings. The fourth-order valence-electron chi connectivity index (χ4n) is 2.99. The van der Waals surface area contributed by atoms with Crippen molar-refractivity contribution in [2.24, 2.45) is 5.92 Å². The van der Waals surface area contributed by atoms with Crippen molar-refractivity contribution in [3.05, 3.63) is 0 Å². The van der Waals surface area contributed by atoms with Crippen LogP contribution in [0.3, 0.4) is 0 Å². The number of fused-ring (bicyclic) bond motifs is 1. The molecule has 0 N–H and O–H groups in total. The van der Waals surface area contributed by atoms with Crippen LogP contribution in [0, 0.1) is 5.92 Å². The van der Waals surface area contributed by atoms with E-state index in [9.17, 15) is 0 Å². The average Bonchev–Trinajstić information content (AvgIpc) is 2.81. The maximum Gasteiger partial charge on any atom is 0.187 e. The van der Waals surface area contributed by atoms with Gasteiger partial charge in [-0.3, -0.25) is 0 Å². The molecule has 0 unspecified atom stereocenters. The topological polar surface area (TPSA) is 46.2 Å². The molecule has 3 heterocycles. The minimum Gasteiger partial charge on any atom is -0.348 e. The summed E-state index contributed by atoms with van der Waals surface area (Å²) in [6, 6.07) is 0. The Balaban J connectivity index is 1.68. The lowest BCUT2D eigenvalue weighted by Crippen LogP contribution is -2.37. The fraction of sp³-hybridized carbons (Fsp3) is 1.00. The maximum atomic E-state index is 5.96. The van der Waals surface area contributed by atoms with Crippen LogP contribution in [0.5, 0.6) is 0 Å². The van der Waals surface area contributed by atoms with Crippen molar-refractivity contribution in [1.29, 1.82) is 0 Å². The monoisotopic (exact) mass is 258 g/mol. The highest BCUT2D eigenvalue weighted by Crippen LogP contribution is 2.43. The zero-order valence-corrected chi connectivity index (χ0v) is 11.6. The second kappa shape index (κ2) is 3.90. The third-order valence-electron chi connectivity index (χ3n) is 3.81. The number of hydrogen-bond donors (Lipinski definition) is 0. The smallest absolute Gasteiger partial charge is 0.187 e. The predicted molar refractivity (Wildman–Crippen MR) is 62.8 cm³/mol. The normalized spacial score (nSPS) is 49.5. The lowest BCUT2D eigenvalue weighted by Gasteiger charge is -2.27. The van der Waals surface area contributed by atoms with Gasteiger partial charge >= 0.3 is 0 Å². The number of rotatable bonds is 1. The van der Waals surface area contributed by atoms with E-state index in [0.29, 0.717) is 6.61 Å². The molecule has 5 nitrogen and oxygen atoms in total. The van der Waals surface area contributed by atoms with E-state index >= 15 is 0 Å². The van der Waals surface area contributed by atoms with Gasteiger partial charge in [-0.25, -0.2) is 0 Å². The summed E-state index contributed by atoms with van der Waals surface area (Å²) in [6.45, 7) is 10.3. The van der Waals surface area contributed by atoms with Crippen LogP contribution in [0.2, 0.25) is 0 Å². The van der Waals surface area contributed by atoms with E-state index < -0.39 is 11.6 Å². The van der Waals surface area contributed by atoms with Crippen molar-refractivity contribution in [3.8, 4) is 0 Å². The van der Waals surface area contributed by atoms with E-state index in [4.69, 9.17) is 23.7 Å². The van der Waals surface area contributed by atoms with E-state index in [2.05, 4.69) is 6.92 Å². The second-order valence-electron chi connectivity index (χ2n) is 6.30. The van der Waals surface area contributed by atoms with Gasteiger partial charge in [-0.15, -0.1) is 0 Å². The second-order valence-corrected chi connectivity index (χ2v) is 6.30. The van der Waals surface area contributed by atoms with E-state index in [1.165, 1.54) is 0 Å². The van der Waals surface area contributed by atoms with Gasteiger partial charge in [-0.2, -0.15) is 0 Å². The summed E-state index contributed by atoms with van der Waals surface area (Å²) in [4.78, 5) is 0. The van der Waals surface area contributed by atoms with Crippen LogP contribution < -0.4 is 0 Å². The van der Waals surface area contributed by atoms with Gasteiger partial charge in [0.05, 0.1) is 12.7 Å². The Morgan fingerprint density at radius 3 is 2.17 bits per heavy atom. The van der Waals surface area contributed by atoms with Crippen molar-refractivity contribution >= 4 is 0 Å². The molecule has 0 radical (unpaired) electrons. The van der Waals surface area contributed by atoms with Gasteiger partial charge in [0.2, 0.25) is 0 Å². The summed E-state index contributed by atoms with van der Waals surface area (Å²) in [5.41, 5.74) is 0. The molecule has 5 atom stereocenters.